The molecule has 3 rings (SSSR count). The molecule has 0 fully saturated rings. The van der Waals surface area contributed by atoms with E-state index < -0.39 is 12.0 Å². The number of phenolic OH excluding ortho intramolecular Hbond substituents is 1. The van der Waals surface area contributed by atoms with Crippen molar-refractivity contribution >= 4 is 17.6 Å². The van der Waals surface area contributed by atoms with Crippen LogP contribution in [0.15, 0.2) is 73.1 Å². The van der Waals surface area contributed by atoms with Gasteiger partial charge in [0.15, 0.2) is 0 Å². The van der Waals surface area contributed by atoms with Crippen LogP contribution in [0.4, 0.5) is 11.6 Å². The van der Waals surface area contributed by atoms with E-state index in [0.29, 0.717) is 11.6 Å². The molecule has 0 aliphatic rings. The molecule has 0 radical (unpaired) electrons. The molecule has 0 aliphatic heterocycles. The number of aliphatic carboxylic acids is 1. The average molecular weight is 335 g/mol. The first kappa shape index (κ1) is 16.4. The maximum atomic E-state index is 12.0. The van der Waals surface area contributed by atoms with Crippen LogP contribution in [0, 0.1) is 0 Å². The summed E-state index contributed by atoms with van der Waals surface area (Å²) in [6, 6.07) is 16.3. The molecule has 0 unspecified atom stereocenters. The minimum atomic E-state index is -0.982. The second kappa shape index (κ2) is 7.44. The Morgan fingerprint density at radius 1 is 0.920 bits per heavy atom. The van der Waals surface area contributed by atoms with Crippen molar-refractivity contribution in [2.45, 2.75) is 12.5 Å². The highest BCUT2D eigenvalue weighted by Gasteiger charge is 2.29. The minimum absolute atomic E-state index is 0.141. The van der Waals surface area contributed by atoms with Crippen molar-refractivity contribution < 1.29 is 15.0 Å². The van der Waals surface area contributed by atoms with E-state index in [9.17, 15) is 15.0 Å². The molecular weight excluding hydrogens is 318 g/mol. The number of rotatable bonds is 6. The first-order valence-corrected chi connectivity index (χ1v) is 7.77. The molecule has 25 heavy (non-hydrogen) atoms. The quantitative estimate of drug-likeness (QED) is 0.720. The molecule has 0 saturated carbocycles. The van der Waals surface area contributed by atoms with E-state index in [0.717, 1.165) is 5.56 Å². The third-order valence-corrected chi connectivity index (χ3v) is 3.75. The van der Waals surface area contributed by atoms with Gasteiger partial charge in [-0.1, -0.05) is 24.3 Å². The standard InChI is InChI=1S/C19H17N3O3/c23-15-9-7-14(8-10-15)13-16(19(24)25)22(17-5-1-3-11-20-17)18-6-2-4-12-21-18/h1-12,16,23H,13H2,(H,24,25)/t16-/m0/s1. The van der Waals surface area contributed by atoms with Crippen LogP contribution in [0.1, 0.15) is 5.56 Å². The van der Waals surface area contributed by atoms with Crippen LogP contribution in [0.3, 0.4) is 0 Å². The lowest BCUT2D eigenvalue weighted by Crippen LogP contribution is -2.40. The summed E-state index contributed by atoms with van der Waals surface area (Å²) in [6.45, 7) is 0. The summed E-state index contributed by atoms with van der Waals surface area (Å²) in [7, 11) is 0. The van der Waals surface area contributed by atoms with Gasteiger partial charge in [-0.25, -0.2) is 14.8 Å². The van der Waals surface area contributed by atoms with Crippen LogP contribution in [0.5, 0.6) is 5.75 Å². The van der Waals surface area contributed by atoms with Gasteiger partial charge in [-0.2, -0.15) is 0 Å². The Kier molecular flexibility index (Phi) is 4.89. The minimum Gasteiger partial charge on any atom is -0.508 e. The summed E-state index contributed by atoms with van der Waals surface area (Å²) in [5.41, 5.74) is 0.794. The summed E-state index contributed by atoms with van der Waals surface area (Å²) >= 11 is 0. The molecule has 1 aromatic carbocycles. The molecule has 0 aliphatic carbocycles. The molecule has 2 aromatic heterocycles. The Morgan fingerprint density at radius 2 is 1.48 bits per heavy atom. The van der Waals surface area contributed by atoms with Gasteiger partial charge in [0.05, 0.1) is 0 Å². The van der Waals surface area contributed by atoms with Crippen molar-refractivity contribution in [2.24, 2.45) is 0 Å². The Labute approximate surface area is 145 Å². The highest BCUT2D eigenvalue weighted by atomic mass is 16.4. The Balaban J connectivity index is 2.01. The third kappa shape index (κ3) is 3.92. The zero-order chi connectivity index (χ0) is 17.6. The molecule has 0 bridgehead atoms. The summed E-state index contributed by atoms with van der Waals surface area (Å²) in [5.74, 6) is 0.172. The monoisotopic (exact) mass is 335 g/mol. The number of carboxylic acids is 1. The molecule has 126 valence electrons. The molecule has 6 heteroatoms. The van der Waals surface area contributed by atoms with Gasteiger partial charge >= 0.3 is 5.97 Å². The van der Waals surface area contributed by atoms with Crippen LogP contribution in [-0.4, -0.2) is 32.2 Å². The lowest BCUT2D eigenvalue weighted by Gasteiger charge is -2.29. The van der Waals surface area contributed by atoms with Crippen LogP contribution in [0.25, 0.3) is 0 Å². The zero-order valence-corrected chi connectivity index (χ0v) is 13.4. The van der Waals surface area contributed by atoms with Gasteiger partial charge in [-0.05, 0) is 42.0 Å². The largest absolute Gasteiger partial charge is 0.508 e. The second-order valence-corrected chi connectivity index (χ2v) is 5.47. The van der Waals surface area contributed by atoms with Gasteiger partial charge in [0.2, 0.25) is 0 Å². The fourth-order valence-electron chi connectivity index (χ4n) is 2.57. The van der Waals surface area contributed by atoms with Crippen molar-refractivity contribution in [1.29, 1.82) is 0 Å². The summed E-state index contributed by atoms with van der Waals surface area (Å²) < 4.78 is 0. The average Bonchev–Trinajstić information content (AvgIpc) is 2.64. The molecular formula is C19H17N3O3. The van der Waals surface area contributed by atoms with Crippen molar-refractivity contribution in [2.75, 3.05) is 4.90 Å². The molecule has 3 aromatic rings. The number of carboxylic acid groups (broad SMARTS) is 1. The predicted octanol–water partition coefficient (Wildman–Crippen LogP) is 3.02. The molecule has 0 saturated heterocycles. The number of anilines is 2. The van der Waals surface area contributed by atoms with Crippen molar-refractivity contribution in [1.82, 2.24) is 9.97 Å². The number of hydrogen-bond donors (Lipinski definition) is 2. The smallest absolute Gasteiger partial charge is 0.327 e. The lowest BCUT2D eigenvalue weighted by molar-refractivity contribution is -0.138. The number of benzene rings is 1. The van der Waals surface area contributed by atoms with E-state index >= 15 is 0 Å². The van der Waals surface area contributed by atoms with Crippen molar-refractivity contribution in [3.63, 3.8) is 0 Å². The SMILES string of the molecule is O=C(O)[C@H](Cc1ccc(O)cc1)N(c1ccccn1)c1ccccn1. The highest BCUT2D eigenvalue weighted by Crippen LogP contribution is 2.26. The van der Waals surface area contributed by atoms with E-state index in [2.05, 4.69) is 9.97 Å². The van der Waals surface area contributed by atoms with E-state index in [4.69, 9.17) is 0 Å². The van der Waals surface area contributed by atoms with E-state index in [1.54, 1.807) is 78.0 Å². The number of aromatic nitrogens is 2. The zero-order valence-electron chi connectivity index (χ0n) is 13.4. The van der Waals surface area contributed by atoms with Gasteiger partial charge in [0.25, 0.3) is 0 Å². The normalized spacial score (nSPS) is 11.7. The van der Waals surface area contributed by atoms with E-state index in [-0.39, 0.29) is 12.2 Å². The first-order chi connectivity index (χ1) is 12.1. The molecule has 6 nitrogen and oxygen atoms in total. The number of phenols is 1. The first-order valence-electron chi connectivity index (χ1n) is 7.77. The number of carbonyl (C=O) groups is 1. The van der Waals surface area contributed by atoms with Gasteiger partial charge in [-0.15, -0.1) is 0 Å². The predicted molar refractivity (Wildman–Crippen MR) is 93.8 cm³/mol. The topological polar surface area (TPSA) is 86.5 Å². The van der Waals surface area contributed by atoms with E-state index in [1.807, 2.05) is 0 Å². The van der Waals surface area contributed by atoms with E-state index in [1.165, 1.54) is 0 Å². The Bertz CT molecular complexity index is 784. The van der Waals surface area contributed by atoms with Crippen LogP contribution < -0.4 is 4.90 Å². The number of pyridine rings is 2. The summed E-state index contributed by atoms with van der Waals surface area (Å²) in [4.78, 5) is 22.2. The number of aromatic hydroxyl groups is 1. The van der Waals surface area contributed by atoms with Crippen molar-refractivity contribution in [3.8, 4) is 5.75 Å². The molecule has 2 N–H and O–H groups in total. The maximum Gasteiger partial charge on any atom is 0.327 e. The fraction of sp³-hybridized carbons (Fsp3) is 0.105. The number of hydrogen-bond acceptors (Lipinski definition) is 5. The molecule has 2 heterocycles. The third-order valence-electron chi connectivity index (χ3n) is 3.75. The number of nitrogens with zero attached hydrogens (tertiary/aromatic N) is 3. The summed E-state index contributed by atoms with van der Waals surface area (Å²) in [5, 5.41) is 19.3. The maximum absolute atomic E-state index is 12.0. The van der Waals surface area contributed by atoms with Gasteiger partial charge in [0.1, 0.15) is 23.4 Å². The molecule has 0 spiro atoms. The van der Waals surface area contributed by atoms with Gasteiger partial charge < -0.3 is 10.2 Å². The fourth-order valence-corrected chi connectivity index (χ4v) is 2.57. The second-order valence-electron chi connectivity index (χ2n) is 5.47. The lowest BCUT2D eigenvalue weighted by atomic mass is 10.0. The van der Waals surface area contributed by atoms with Crippen molar-refractivity contribution in [3.05, 3.63) is 78.6 Å². The van der Waals surface area contributed by atoms with Crippen LogP contribution in [-0.2, 0) is 11.2 Å². The Morgan fingerprint density at radius 3 is 1.92 bits per heavy atom. The molecule has 1 atom stereocenters. The van der Waals surface area contributed by atoms with Gasteiger partial charge in [-0.3, -0.25) is 4.90 Å². The van der Waals surface area contributed by atoms with Gasteiger partial charge in [0, 0.05) is 18.8 Å². The molecule has 0 amide bonds. The Hall–Kier alpha value is -3.41. The van der Waals surface area contributed by atoms with Crippen LogP contribution >= 0.6 is 0 Å². The highest BCUT2D eigenvalue weighted by molar-refractivity contribution is 5.81. The van der Waals surface area contributed by atoms with Crippen LogP contribution in [0.2, 0.25) is 0 Å². The summed E-state index contributed by atoms with van der Waals surface area (Å²) in [6.07, 6.45) is 3.47.